The number of hydrogen-bond acceptors (Lipinski definition) is 7. The summed E-state index contributed by atoms with van der Waals surface area (Å²) in [5, 5.41) is 5.77. The molecule has 1 atom stereocenters. The van der Waals surface area contributed by atoms with E-state index in [1.807, 2.05) is 40.9 Å². The molecule has 0 bridgehead atoms. The van der Waals surface area contributed by atoms with Gasteiger partial charge in [-0.05, 0) is 53.7 Å². The first-order valence-corrected chi connectivity index (χ1v) is 12.3. The molecule has 0 aliphatic rings. The first-order chi connectivity index (χ1) is 13.2. The zero-order chi connectivity index (χ0) is 22.7. The van der Waals surface area contributed by atoms with E-state index >= 15 is 0 Å². The van der Waals surface area contributed by atoms with Gasteiger partial charge in [0, 0.05) is 25.1 Å². The zero-order valence-electron chi connectivity index (χ0n) is 19.1. The van der Waals surface area contributed by atoms with E-state index in [1.165, 1.54) is 23.5 Å². The van der Waals surface area contributed by atoms with Gasteiger partial charge in [-0.15, -0.1) is 11.8 Å². The van der Waals surface area contributed by atoms with E-state index in [1.54, 1.807) is 0 Å². The van der Waals surface area contributed by atoms with Crippen molar-refractivity contribution in [3.05, 3.63) is 0 Å². The third-order valence-electron chi connectivity index (χ3n) is 4.17. The highest BCUT2D eigenvalue weighted by molar-refractivity contribution is 8.47. The fourth-order valence-electron chi connectivity index (χ4n) is 2.08. The number of amides is 2. The normalized spacial score (nSPS) is 14.1. The predicted octanol–water partition coefficient (Wildman–Crippen LogP) is 4.61. The lowest BCUT2D eigenvalue weighted by atomic mass is 9.88. The monoisotopic (exact) mass is 466 g/mol. The van der Waals surface area contributed by atoms with Crippen molar-refractivity contribution in [3.63, 3.8) is 0 Å². The number of rotatable bonds is 11. The maximum Gasteiger partial charge on any atom is 0.407 e. The lowest BCUT2D eigenvalue weighted by molar-refractivity contribution is -0.122. The second-order valence-corrected chi connectivity index (χ2v) is 12.4. The van der Waals surface area contributed by atoms with Crippen LogP contribution in [0.2, 0.25) is 0 Å². The van der Waals surface area contributed by atoms with Crippen molar-refractivity contribution < 1.29 is 19.1 Å². The van der Waals surface area contributed by atoms with Gasteiger partial charge in [0.25, 0.3) is 0 Å². The summed E-state index contributed by atoms with van der Waals surface area (Å²) in [6.45, 7) is 15.5. The minimum absolute atomic E-state index is 0.0288. The van der Waals surface area contributed by atoms with Crippen molar-refractivity contribution in [3.8, 4) is 0 Å². The van der Waals surface area contributed by atoms with Crippen molar-refractivity contribution in [1.82, 2.24) is 10.6 Å². The Hall–Kier alpha value is -0.510. The molecular formula is C20H38N2O4S3. The molecule has 0 fully saturated rings. The van der Waals surface area contributed by atoms with Gasteiger partial charge in [-0.3, -0.25) is 4.79 Å². The van der Waals surface area contributed by atoms with Crippen molar-refractivity contribution in [2.75, 3.05) is 32.6 Å². The lowest BCUT2D eigenvalue weighted by Gasteiger charge is -2.29. The van der Waals surface area contributed by atoms with E-state index in [2.05, 4.69) is 24.5 Å². The van der Waals surface area contributed by atoms with E-state index in [4.69, 9.17) is 21.7 Å². The number of thioether (sulfide) groups is 2. The molecular weight excluding hydrogens is 428 g/mol. The Morgan fingerprint density at radius 3 is 2.21 bits per heavy atom. The molecule has 0 aromatic rings. The average molecular weight is 467 g/mol. The number of carbonyl (C=O) groups is 2. The molecule has 2 amide bonds. The van der Waals surface area contributed by atoms with Crippen LogP contribution in [-0.2, 0) is 14.3 Å². The van der Waals surface area contributed by atoms with Gasteiger partial charge in [0.2, 0.25) is 5.91 Å². The molecule has 1 unspecified atom stereocenters. The van der Waals surface area contributed by atoms with E-state index in [0.717, 1.165) is 16.4 Å². The second kappa shape index (κ2) is 13.0. The van der Waals surface area contributed by atoms with E-state index in [-0.39, 0.29) is 11.3 Å². The molecule has 0 saturated carbocycles. The van der Waals surface area contributed by atoms with Crippen LogP contribution in [0.15, 0.2) is 0 Å². The molecule has 0 radical (unpaired) electrons. The summed E-state index contributed by atoms with van der Waals surface area (Å²) >= 11 is 8.07. The topological polar surface area (TPSA) is 76.7 Å². The maximum atomic E-state index is 12.3. The molecule has 2 N–H and O–H groups in total. The molecule has 9 heteroatoms. The molecule has 0 saturated heterocycles. The number of thiocarbonyl (C=S) groups is 1. The maximum absolute atomic E-state index is 12.3. The van der Waals surface area contributed by atoms with E-state index in [0.29, 0.717) is 26.3 Å². The lowest BCUT2D eigenvalue weighted by Crippen LogP contribution is -2.41. The first kappa shape index (κ1) is 28.5. The molecule has 29 heavy (non-hydrogen) atoms. The third kappa shape index (κ3) is 13.4. The van der Waals surface area contributed by atoms with Crippen LogP contribution in [0.4, 0.5) is 4.79 Å². The smallest absolute Gasteiger partial charge is 0.407 e. The fraction of sp³-hybridized carbons (Fsp3) is 0.850. The Kier molecular flexibility index (Phi) is 12.8. The van der Waals surface area contributed by atoms with Crippen LogP contribution in [0.3, 0.4) is 0 Å². The molecule has 0 rings (SSSR count). The van der Waals surface area contributed by atoms with Crippen molar-refractivity contribution in [1.29, 1.82) is 0 Å². The van der Waals surface area contributed by atoms with Crippen LogP contribution >= 0.6 is 35.7 Å². The van der Waals surface area contributed by atoms with Crippen molar-refractivity contribution >= 4 is 51.3 Å². The number of nitrogens with one attached hydrogen (secondary N) is 2. The predicted molar refractivity (Wildman–Crippen MR) is 129 cm³/mol. The molecule has 6 nitrogen and oxygen atoms in total. The first-order valence-electron chi connectivity index (χ1n) is 9.84. The van der Waals surface area contributed by atoms with Gasteiger partial charge in [-0.25, -0.2) is 4.79 Å². The standard InChI is InChI=1S/C20H38N2O4S3/c1-9-20(7,13-22-16(24)26-18(2,3)4)14-25-12-10-11-21-15(23)19(5,6)29-17(27)28-8/h9-14H2,1-8H3,(H,21,23)(H,22,24). The molecule has 0 aliphatic carbocycles. The summed E-state index contributed by atoms with van der Waals surface area (Å²) in [5.41, 5.74) is -0.687. The molecule has 0 aromatic heterocycles. The Labute approximate surface area is 190 Å². The summed E-state index contributed by atoms with van der Waals surface area (Å²) in [7, 11) is 0. The van der Waals surface area contributed by atoms with Crippen LogP contribution < -0.4 is 10.6 Å². The van der Waals surface area contributed by atoms with Crippen LogP contribution in [0.5, 0.6) is 0 Å². The van der Waals surface area contributed by atoms with Crippen LogP contribution in [0.25, 0.3) is 0 Å². The fourth-order valence-corrected chi connectivity index (χ4v) is 4.25. The van der Waals surface area contributed by atoms with Crippen molar-refractivity contribution in [2.45, 2.75) is 71.7 Å². The summed E-state index contributed by atoms with van der Waals surface area (Å²) in [5.74, 6) is -0.0288. The minimum Gasteiger partial charge on any atom is -0.444 e. The summed E-state index contributed by atoms with van der Waals surface area (Å²) in [6, 6.07) is 0. The van der Waals surface area contributed by atoms with E-state index < -0.39 is 16.4 Å². The molecule has 0 spiro atoms. The van der Waals surface area contributed by atoms with E-state index in [9.17, 15) is 9.59 Å². The van der Waals surface area contributed by atoms with Gasteiger partial charge in [0.15, 0.2) is 0 Å². The Morgan fingerprint density at radius 2 is 1.69 bits per heavy atom. The quantitative estimate of drug-likeness (QED) is 0.340. The third-order valence-corrected chi connectivity index (χ3v) is 6.86. The number of alkyl carbamates (subject to hydrolysis) is 1. The van der Waals surface area contributed by atoms with Crippen molar-refractivity contribution in [2.24, 2.45) is 5.41 Å². The highest BCUT2D eigenvalue weighted by Gasteiger charge is 2.29. The number of carbonyl (C=O) groups excluding carboxylic acids is 2. The molecule has 0 aromatic carbocycles. The van der Waals surface area contributed by atoms with Crippen LogP contribution in [-0.4, -0.2) is 58.4 Å². The van der Waals surface area contributed by atoms with Gasteiger partial charge in [-0.1, -0.05) is 37.8 Å². The number of hydrogen-bond donors (Lipinski definition) is 2. The second-order valence-electron chi connectivity index (χ2n) is 8.75. The Morgan fingerprint density at radius 1 is 1.07 bits per heavy atom. The summed E-state index contributed by atoms with van der Waals surface area (Å²) < 4.78 is 11.2. The van der Waals surface area contributed by atoms with Gasteiger partial charge in [0.05, 0.1) is 11.4 Å². The van der Waals surface area contributed by atoms with Gasteiger partial charge >= 0.3 is 6.09 Å². The van der Waals surface area contributed by atoms with Crippen LogP contribution in [0.1, 0.15) is 61.3 Å². The van der Waals surface area contributed by atoms with Gasteiger partial charge < -0.3 is 20.1 Å². The SMILES string of the molecule is CCC(C)(CNC(=O)OC(C)(C)C)COCCCNC(=O)C(C)(C)SC(=S)SC. The molecule has 170 valence electrons. The Balaban J connectivity index is 4.16. The largest absolute Gasteiger partial charge is 0.444 e. The zero-order valence-corrected chi connectivity index (χ0v) is 21.5. The van der Waals surface area contributed by atoms with Gasteiger partial charge in [0.1, 0.15) is 9.13 Å². The highest BCUT2D eigenvalue weighted by Crippen LogP contribution is 2.30. The highest BCUT2D eigenvalue weighted by atomic mass is 32.2. The Bertz CT molecular complexity index is 550. The van der Waals surface area contributed by atoms with Crippen LogP contribution in [0, 0.1) is 5.41 Å². The summed E-state index contributed by atoms with van der Waals surface area (Å²) in [6.07, 6.45) is 3.08. The summed E-state index contributed by atoms with van der Waals surface area (Å²) in [4.78, 5) is 24.2. The molecule has 0 aliphatic heterocycles. The molecule has 0 heterocycles. The van der Waals surface area contributed by atoms with Gasteiger partial charge in [-0.2, -0.15) is 0 Å². The number of ether oxygens (including phenoxy) is 2. The minimum atomic E-state index is -0.588. The average Bonchev–Trinajstić information content (AvgIpc) is 2.60.